The Kier molecular flexibility index (Phi) is 6.80. The molecule has 1 heterocycles. The van der Waals surface area contributed by atoms with E-state index in [4.69, 9.17) is 9.47 Å². The van der Waals surface area contributed by atoms with Crippen LogP contribution in [-0.4, -0.2) is 32.3 Å². The van der Waals surface area contributed by atoms with Crippen LogP contribution in [0.15, 0.2) is 47.4 Å². The van der Waals surface area contributed by atoms with Gasteiger partial charge in [0.2, 0.25) is 5.88 Å². The smallest absolute Gasteiger partial charge is 0.262 e. The van der Waals surface area contributed by atoms with Gasteiger partial charge in [0.25, 0.3) is 10.0 Å². The topological polar surface area (TPSA) is 90.4 Å². The molecule has 0 unspecified atom stereocenters. The minimum atomic E-state index is -3.76. The molecule has 0 fully saturated rings. The molecule has 1 aromatic heterocycles. The molecule has 0 bridgehead atoms. The summed E-state index contributed by atoms with van der Waals surface area (Å²) >= 11 is 0. The van der Waals surface area contributed by atoms with Gasteiger partial charge in [0.05, 0.1) is 24.3 Å². The van der Waals surface area contributed by atoms with Gasteiger partial charge in [0, 0.05) is 17.3 Å². The molecule has 8 heteroatoms. The van der Waals surface area contributed by atoms with Gasteiger partial charge in [-0.3, -0.25) is 4.72 Å². The normalized spacial score (nSPS) is 11.3. The summed E-state index contributed by atoms with van der Waals surface area (Å²) in [7, 11) is -2.17. The highest BCUT2D eigenvalue weighted by Crippen LogP contribution is 2.32. The van der Waals surface area contributed by atoms with Crippen LogP contribution in [0.1, 0.15) is 30.0 Å². The van der Waals surface area contributed by atoms with Gasteiger partial charge in [-0.05, 0) is 68.1 Å². The van der Waals surface area contributed by atoms with E-state index in [-0.39, 0.29) is 4.90 Å². The zero-order chi connectivity index (χ0) is 22.6. The molecule has 3 aromatic rings. The molecule has 0 amide bonds. The first kappa shape index (κ1) is 22.6. The minimum absolute atomic E-state index is 0.237. The Hall–Kier alpha value is -3.13. The van der Waals surface area contributed by atoms with Crippen molar-refractivity contribution in [3.8, 4) is 22.9 Å². The van der Waals surface area contributed by atoms with Crippen LogP contribution in [-0.2, 0) is 10.0 Å². The SMILES string of the molecule is CCCOc1ccc(-c2ccc(NS(=O)(=O)c3cc(C)c(OC)c(C)c3C)cc2)nn1. The quantitative estimate of drug-likeness (QED) is 0.546. The molecule has 0 saturated carbocycles. The summed E-state index contributed by atoms with van der Waals surface area (Å²) in [5.74, 6) is 1.18. The van der Waals surface area contributed by atoms with Gasteiger partial charge in [-0.2, -0.15) is 0 Å². The number of nitrogens with zero attached hydrogens (tertiary/aromatic N) is 2. The molecular weight excluding hydrogens is 414 g/mol. The van der Waals surface area contributed by atoms with Crippen LogP contribution < -0.4 is 14.2 Å². The molecule has 7 nitrogen and oxygen atoms in total. The summed E-state index contributed by atoms with van der Waals surface area (Å²) in [5, 5.41) is 8.24. The van der Waals surface area contributed by atoms with Crippen molar-refractivity contribution < 1.29 is 17.9 Å². The van der Waals surface area contributed by atoms with Crippen LogP contribution >= 0.6 is 0 Å². The van der Waals surface area contributed by atoms with E-state index < -0.39 is 10.0 Å². The van der Waals surface area contributed by atoms with E-state index in [1.165, 1.54) is 0 Å². The lowest BCUT2D eigenvalue weighted by Crippen LogP contribution is -2.15. The largest absolute Gasteiger partial charge is 0.496 e. The summed E-state index contributed by atoms with van der Waals surface area (Å²) in [5.41, 5.74) is 4.20. The summed E-state index contributed by atoms with van der Waals surface area (Å²) in [6.45, 7) is 8.08. The monoisotopic (exact) mass is 441 g/mol. The van der Waals surface area contributed by atoms with Crippen molar-refractivity contribution >= 4 is 15.7 Å². The second-order valence-electron chi connectivity index (χ2n) is 7.26. The van der Waals surface area contributed by atoms with Crippen molar-refractivity contribution in [3.05, 3.63) is 59.2 Å². The Morgan fingerprint density at radius 1 is 0.968 bits per heavy atom. The summed E-state index contributed by atoms with van der Waals surface area (Å²) in [4.78, 5) is 0.237. The van der Waals surface area contributed by atoms with E-state index in [1.54, 1.807) is 50.4 Å². The zero-order valence-corrected chi connectivity index (χ0v) is 19.2. The van der Waals surface area contributed by atoms with E-state index in [9.17, 15) is 8.42 Å². The maximum Gasteiger partial charge on any atom is 0.262 e. The third-order valence-electron chi connectivity index (χ3n) is 5.00. The summed E-state index contributed by atoms with van der Waals surface area (Å²) < 4.78 is 39.5. The molecule has 0 spiro atoms. The molecule has 0 aliphatic rings. The molecule has 0 aliphatic carbocycles. The Bertz CT molecular complexity index is 1160. The number of ether oxygens (including phenoxy) is 2. The fourth-order valence-electron chi connectivity index (χ4n) is 3.29. The molecule has 3 rings (SSSR count). The maximum atomic E-state index is 13.0. The molecule has 0 atom stereocenters. The van der Waals surface area contributed by atoms with Gasteiger partial charge < -0.3 is 9.47 Å². The van der Waals surface area contributed by atoms with Crippen molar-refractivity contribution in [1.29, 1.82) is 0 Å². The van der Waals surface area contributed by atoms with Crippen LogP contribution in [0.2, 0.25) is 0 Å². The number of anilines is 1. The Morgan fingerprint density at radius 3 is 2.26 bits per heavy atom. The first-order chi connectivity index (χ1) is 14.8. The average Bonchev–Trinajstić information content (AvgIpc) is 2.76. The number of benzene rings is 2. The highest BCUT2D eigenvalue weighted by Gasteiger charge is 2.21. The Balaban J connectivity index is 1.81. The number of rotatable bonds is 8. The van der Waals surface area contributed by atoms with Crippen molar-refractivity contribution in [3.63, 3.8) is 0 Å². The summed E-state index contributed by atoms with van der Waals surface area (Å²) in [6.07, 6.45) is 0.899. The fraction of sp³-hybridized carbons (Fsp3) is 0.304. The van der Waals surface area contributed by atoms with E-state index in [0.29, 0.717) is 35.2 Å². The van der Waals surface area contributed by atoms with Gasteiger partial charge in [-0.25, -0.2) is 8.42 Å². The van der Waals surface area contributed by atoms with Gasteiger partial charge in [-0.1, -0.05) is 19.1 Å². The first-order valence-electron chi connectivity index (χ1n) is 10.0. The van der Waals surface area contributed by atoms with Crippen LogP contribution in [0, 0.1) is 20.8 Å². The standard InChI is InChI=1S/C23H27N3O4S/c1-6-13-30-22-12-11-20(24-25-22)18-7-9-19(10-8-18)26-31(27,28)21-14-15(2)23(29-5)17(4)16(21)3/h7-12,14,26H,6,13H2,1-5H3. The fourth-order valence-corrected chi connectivity index (χ4v) is 4.74. The number of aryl methyl sites for hydroxylation is 1. The lowest BCUT2D eigenvalue weighted by Gasteiger charge is -2.16. The van der Waals surface area contributed by atoms with E-state index in [1.807, 2.05) is 26.8 Å². The number of nitrogens with one attached hydrogen (secondary N) is 1. The van der Waals surface area contributed by atoms with Crippen LogP contribution in [0.25, 0.3) is 11.3 Å². The number of hydrogen-bond acceptors (Lipinski definition) is 6. The second kappa shape index (κ2) is 9.34. The third kappa shape index (κ3) is 4.96. The first-order valence-corrected chi connectivity index (χ1v) is 11.5. The molecule has 31 heavy (non-hydrogen) atoms. The molecule has 0 aliphatic heterocycles. The summed E-state index contributed by atoms with van der Waals surface area (Å²) in [6, 6.07) is 12.2. The second-order valence-corrected chi connectivity index (χ2v) is 8.91. The molecule has 164 valence electrons. The minimum Gasteiger partial charge on any atom is -0.496 e. The zero-order valence-electron chi connectivity index (χ0n) is 18.4. The van der Waals surface area contributed by atoms with Crippen LogP contribution in [0.5, 0.6) is 11.6 Å². The van der Waals surface area contributed by atoms with E-state index in [2.05, 4.69) is 14.9 Å². The molecule has 1 N–H and O–H groups in total. The van der Waals surface area contributed by atoms with E-state index >= 15 is 0 Å². The average molecular weight is 442 g/mol. The lowest BCUT2D eigenvalue weighted by molar-refractivity contribution is 0.302. The molecule has 2 aromatic carbocycles. The third-order valence-corrected chi connectivity index (χ3v) is 6.51. The van der Waals surface area contributed by atoms with Crippen LogP contribution in [0.4, 0.5) is 5.69 Å². The van der Waals surface area contributed by atoms with Gasteiger partial charge >= 0.3 is 0 Å². The van der Waals surface area contributed by atoms with Crippen molar-refractivity contribution in [2.75, 3.05) is 18.4 Å². The van der Waals surface area contributed by atoms with Crippen molar-refractivity contribution in [1.82, 2.24) is 10.2 Å². The Morgan fingerprint density at radius 2 is 1.68 bits per heavy atom. The number of methoxy groups -OCH3 is 1. The van der Waals surface area contributed by atoms with Gasteiger partial charge in [0.15, 0.2) is 0 Å². The highest BCUT2D eigenvalue weighted by molar-refractivity contribution is 7.92. The van der Waals surface area contributed by atoms with Crippen molar-refractivity contribution in [2.24, 2.45) is 0 Å². The van der Waals surface area contributed by atoms with Gasteiger partial charge in [-0.15, -0.1) is 10.2 Å². The Labute approximate surface area is 183 Å². The lowest BCUT2D eigenvalue weighted by atomic mass is 10.1. The highest BCUT2D eigenvalue weighted by atomic mass is 32.2. The van der Waals surface area contributed by atoms with Gasteiger partial charge in [0.1, 0.15) is 5.75 Å². The predicted octanol–water partition coefficient (Wildman–Crippen LogP) is 4.67. The molecule has 0 saturated heterocycles. The van der Waals surface area contributed by atoms with E-state index in [0.717, 1.165) is 23.1 Å². The maximum absolute atomic E-state index is 13.0. The predicted molar refractivity (Wildman–Crippen MR) is 121 cm³/mol. The number of sulfonamides is 1. The molecular formula is C23H27N3O4S. The number of aromatic nitrogens is 2. The van der Waals surface area contributed by atoms with Crippen molar-refractivity contribution in [2.45, 2.75) is 39.0 Å². The van der Waals surface area contributed by atoms with Crippen LogP contribution in [0.3, 0.4) is 0 Å². The molecule has 0 radical (unpaired) electrons. The number of hydrogen-bond donors (Lipinski definition) is 1.